The molecule has 2 N–H and O–H groups in total. The Hall–Kier alpha value is -4.18. The summed E-state index contributed by atoms with van der Waals surface area (Å²) in [5.74, 6) is 0.405. The molecule has 0 bridgehead atoms. The zero-order valence-electron chi connectivity index (χ0n) is 16.0. The number of rotatable bonds is 3. The molecule has 5 aromatic rings. The third-order valence-corrected chi connectivity index (χ3v) is 5.14. The van der Waals surface area contributed by atoms with E-state index < -0.39 is 0 Å². The van der Waals surface area contributed by atoms with Crippen LogP contribution < -0.4 is 0 Å². The molecule has 0 saturated carbocycles. The summed E-state index contributed by atoms with van der Waals surface area (Å²) in [4.78, 5) is 9.29. The van der Waals surface area contributed by atoms with Crippen LogP contribution in [0.1, 0.15) is 11.1 Å². The maximum absolute atomic E-state index is 10.3. The standard InChI is InChI=1S/C26H18N2O2/c29-24-9-3-1-6-17(24)11-12-18-16-23(19-7-2-4-10-25(19)30)28-22-14-13-21-20(26(18)22)8-5-15-27-21/h1-16,29-30H. The molecule has 5 rings (SSSR count). The van der Waals surface area contributed by atoms with E-state index in [2.05, 4.69) is 4.98 Å². The van der Waals surface area contributed by atoms with Crippen LogP contribution in [0.5, 0.6) is 11.5 Å². The van der Waals surface area contributed by atoms with E-state index in [9.17, 15) is 10.2 Å². The van der Waals surface area contributed by atoms with Crippen molar-refractivity contribution in [1.29, 1.82) is 0 Å². The van der Waals surface area contributed by atoms with Gasteiger partial charge in [-0.2, -0.15) is 0 Å². The SMILES string of the molecule is Oc1ccccc1C=Cc1cc(-c2ccccc2O)nc2ccc3ncccc3c12. The van der Waals surface area contributed by atoms with Crippen LogP contribution in [0.25, 0.3) is 45.2 Å². The third-order valence-electron chi connectivity index (χ3n) is 5.14. The summed E-state index contributed by atoms with van der Waals surface area (Å²) in [7, 11) is 0. The first-order valence-electron chi connectivity index (χ1n) is 9.63. The lowest BCUT2D eigenvalue weighted by molar-refractivity contribution is 0.474. The van der Waals surface area contributed by atoms with Crippen LogP contribution >= 0.6 is 0 Å². The van der Waals surface area contributed by atoms with Crippen LogP contribution in [0.2, 0.25) is 0 Å². The van der Waals surface area contributed by atoms with Crippen molar-refractivity contribution in [3.05, 3.63) is 96.2 Å². The highest BCUT2D eigenvalue weighted by molar-refractivity contribution is 6.10. The number of fused-ring (bicyclic) bond motifs is 3. The number of nitrogens with zero attached hydrogens (tertiary/aromatic N) is 2. The second-order valence-electron chi connectivity index (χ2n) is 7.04. The molecule has 0 spiro atoms. The zero-order valence-corrected chi connectivity index (χ0v) is 16.0. The molecule has 0 aliphatic heterocycles. The van der Waals surface area contributed by atoms with Crippen molar-refractivity contribution in [3.63, 3.8) is 0 Å². The minimum Gasteiger partial charge on any atom is -0.507 e. The lowest BCUT2D eigenvalue weighted by Gasteiger charge is -2.11. The van der Waals surface area contributed by atoms with Gasteiger partial charge < -0.3 is 10.2 Å². The second-order valence-corrected chi connectivity index (χ2v) is 7.04. The smallest absolute Gasteiger partial charge is 0.124 e. The molecular formula is C26H18N2O2. The first-order chi connectivity index (χ1) is 14.7. The molecule has 144 valence electrons. The van der Waals surface area contributed by atoms with Gasteiger partial charge in [0.1, 0.15) is 11.5 Å². The van der Waals surface area contributed by atoms with Crippen molar-refractivity contribution < 1.29 is 10.2 Å². The summed E-state index contributed by atoms with van der Waals surface area (Å²) in [5.41, 5.74) is 4.71. The molecule has 2 aromatic heterocycles. The van der Waals surface area contributed by atoms with Crippen molar-refractivity contribution in [1.82, 2.24) is 9.97 Å². The Labute approximate surface area is 173 Å². The molecule has 30 heavy (non-hydrogen) atoms. The molecule has 0 fully saturated rings. The summed E-state index contributed by atoms with van der Waals surface area (Å²) in [6.07, 6.45) is 5.62. The Bertz CT molecular complexity index is 1420. The van der Waals surface area contributed by atoms with Gasteiger partial charge in [0.05, 0.1) is 16.7 Å². The van der Waals surface area contributed by atoms with Crippen molar-refractivity contribution in [2.45, 2.75) is 0 Å². The number of hydrogen-bond acceptors (Lipinski definition) is 4. The summed E-state index contributed by atoms with van der Waals surface area (Å²) in [6.45, 7) is 0. The average molecular weight is 390 g/mol. The van der Waals surface area contributed by atoms with Gasteiger partial charge in [-0.1, -0.05) is 48.6 Å². The number of phenolic OH excluding ortho intramolecular Hbond substituents is 2. The number of hydrogen-bond donors (Lipinski definition) is 2. The van der Waals surface area contributed by atoms with E-state index in [0.29, 0.717) is 11.3 Å². The van der Waals surface area contributed by atoms with Crippen molar-refractivity contribution in [2.24, 2.45) is 0 Å². The van der Waals surface area contributed by atoms with Gasteiger partial charge >= 0.3 is 0 Å². The molecule has 0 aliphatic carbocycles. The number of para-hydroxylation sites is 2. The average Bonchev–Trinajstić information content (AvgIpc) is 2.78. The molecule has 0 atom stereocenters. The van der Waals surface area contributed by atoms with Gasteiger partial charge in [0.2, 0.25) is 0 Å². The first-order valence-corrected chi connectivity index (χ1v) is 9.63. The Morgan fingerprint density at radius 2 is 1.40 bits per heavy atom. The summed E-state index contributed by atoms with van der Waals surface area (Å²) in [5, 5.41) is 22.5. The van der Waals surface area contributed by atoms with Crippen LogP contribution in [0.3, 0.4) is 0 Å². The first kappa shape index (κ1) is 17.9. The van der Waals surface area contributed by atoms with Crippen LogP contribution in [-0.4, -0.2) is 20.2 Å². The topological polar surface area (TPSA) is 66.2 Å². The van der Waals surface area contributed by atoms with E-state index in [-0.39, 0.29) is 11.5 Å². The van der Waals surface area contributed by atoms with E-state index >= 15 is 0 Å². The van der Waals surface area contributed by atoms with Gasteiger partial charge in [0.25, 0.3) is 0 Å². The highest BCUT2D eigenvalue weighted by Gasteiger charge is 2.12. The Kier molecular flexibility index (Phi) is 4.37. The van der Waals surface area contributed by atoms with Crippen molar-refractivity contribution in [3.8, 4) is 22.8 Å². The summed E-state index contributed by atoms with van der Waals surface area (Å²) in [6, 6.07) is 24.2. The van der Waals surface area contributed by atoms with Gasteiger partial charge in [-0.05, 0) is 48.0 Å². The van der Waals surface area contributed by atoms with E-state index in [1.54, 1.807) is 30.5 Å². The van der Waals surface area contributed by atoms with Gasteiger partial charge in [-0.15, -0.1) is 0 Å². The number of aromatic nitrogens is 2. The molecule has 0 aliphatic rings. The Balaban J connectivity index is 1.80. The zero-order chi connectivity index (χ0) is 20.5. The molecule has 0 unspecified atom stereocenters. The van der Waals surface area contributed by atoms with Gasteiger partial charge in [-0.25, -0.2) is 4.98 Å². The lowest BCUT2D eigenvalue weighted by atomic mass is 9.99. The van der Waals surface area contributed by atoms with Crippen molar-refractivity contribution in [2.75, 3.05) is 0 Å². The molecule has 3 aromatic carbocycles. The van der Waals surface area contributed by atoms with Crippen LogP contribution in [0, 0.1) is 0 Å². The third kappa shape index (κ3) is 3.14. The minimum absolute atomic E-state index is 0.183. The van der Waals surface area contributed by atoms with Crippen molar-refractivity contribution >= 4 is 34.0 Å². The Morgan fingerprint density at radius 3 is 2.23 bits per heavy atom. The van der Waals surface area contributed by atoms with Gasteiger partial charge in [0.15, 0.2) is 0 Å². The van der Waals surface area contributed by atoms with Crippen LogP contribution in [-0.2, 0) is 0 Å². The lowest BCUT2D eigenvalue weighted by Crippen LogP contribution is -1.91. The van der Waals surface area contributed by atoms with E-state index in [4.69, 9.17) is 4.98 Å². The van der Waals surface area contributed by atoms with E-state index in [1.165, 1.54) is 0 Å². The second kappa shape index (κ2) is 7.33. The normalized spacial score (nSPS) is 11.5. The number of benzene rings is 3. The number of phenols is 2. The highest BCUT2D eigenvalue weighted by atomic mass is 16.3. The minimum atomic E-state index is 0.183. The number of aromatic hydroxyl groups is 2. The molecule has 2 heterocycles. The summed E-state index contributed by atoms with van der Waals surface area (Å²) < 4.78 is 0. The predicted molar refractivity (Wildman–Crippen MR) is 121 cm³/mol. The monoisotopic (exact) mass is 390 g/mol. The molecule has 4 heteroatoms. The molecule has 0 amide bonds. The molecule has 4 nitrogen and oxygen atoms in total. The number of pyridine rings is 2. The van der Waals surface area contributed by atoms with Gasteiger partial charge in [0, 0.05) is 28.1 Å². The quantitative estimate of drug-likeness (QED) is 0.369. The van der Waals surface area contributed by atoms with Gasteiger partial charge in [-0.3, -0.25) is 4.98 Å². The fourth-order valence-corrected chi connectivity index (χ4v) is 3.69. The highest BCUT2D eigenvalue weighted by Crippen LogP contribution is 2.34. The largest absolute Gasteiger partial charge is 0.507 e. The predicted octanol–water partition coefficient (Wildman–Crippen LogP) is 6.03. The van der Waals surface area contributed by atoms with E-state index in [0.717, 1.165) is 32.9 Å². The molecule has 0 saturated heterocycles. The van der Waals surface area contributed by atoms with Crippen LogP contribution in [0.4, 0.5) is 0 Å². The fraction of sp³-hybridized carbons (Fsp3) is 0. The maximum atomic E-state index is 10.3. The fourth-order valence-electron chi connectivity index (χ4n) is 3.69. The molecule has 0 radical (unpaired) electrons. The summed E-state index contributed by atoms with van der Waals surface area (Å²) >= 11 is 0. The maximum Gasteiger partial charge on any atom is 0.124 e. The van der Waals surface area contributed by atoms with E-state index in [1.807, 2.05) is 66.7 Å². The molecular weight excluding hydrogens is 372 g/mol. The Morgan fingerprint density at radius 1 is 0.667 bits per heavy atom. The van der Waals surface area contributed by atoms with Crippen LogP contribution in [0.15, 0.2) is 85.1 Å².